The van der Waals surface area contributed by atoms with E-state index in [2.05, 4.69) is 50.4 Å². The summed E-state index contributed by atoms with van der Waals surface area (Å²) in [5, 5.41) is 2.97. The maximum Gasteiger partial charge on any atom is 0.243 e. The number of rotatable bonds is 10. The van der Waals surface area contributed by atoms with Gasteiger partial charge >= 0.3 is 0 Å². The zero-order chi connectivity index (χ0) is 24.6. The van der Waals surface area contributed by atoms with Crippen LogP contribution in [0, 0.1) is 0 Å². The quantitative estimate of drug-likeness (QED) is 0.535. The number of nitrogens with zero attached hydrogens (tertiary/aromatic N) is 1. The van der Waals surface area contributed by atoms with E-state index < -0.39 is 6.04 Å². The lowest BCUT2D eigenvalue weighted by Gasteiger charge is -2.31. The molecule has 2 amide bonds. The number of benzene rings is 2. The van der Waals surface area contributed by atoms with Gasteiger partial charge in [-0.3, -0.25) is 9.59 Å². The molecule has 0 saturated heterocycles. The van der Waals surface area contributed by atoms with Crippen molar-refractivity contribution in [1.82, 2.24) is 10.2 Å². The molecule has 0 heterocycles. The van der Waals surface area contributed by atoms with Crippen LogP contribution in [0.1, 0.15) is 71.1 Å². The van der Waals surface area contributed by atoms with E-state index in [4.69, 9.17) is 4.74 Å². The van der Waals surface area contributed by atoms with Crippen LogP contribution in [0.5, 0.6) is 5.75 Å². The second-order valence-electron chi connectivity index (χ2n) is 9.90. The summed E-state index contributed by atoms with van der Waals surface area (Å²) in [5.74, 6) is 0.639. The molecule has 1 N–H and O–H groups in total. The molecule has 0 saturated carbocycles. The molecule has 0 radical (unpaired) electrons. The summed E-state index contributed by atoms with van der Waals surface area (Å²) >= 11 is 0. The van der Waals surface area contributed by atoms with Gasteiger partial charge in [-0.05, 0) is 60.9 Å². The summed E-state index contributed by atoms with van der Waals surface area (Å²) < 4.78 is 5.24. The number of hydrogen-bond acceptors (Lipinski definition) is 3. The van der Waals surface area contributed by atoms with E-state index in [1.54, 1.807) is 12.0 Å². The summed E-state index contributed by atoms with van der Waals surface area (Å²) in [4.78, 5) is 28.0. The van der Waals surface area contributed by atoms with Gasteiger partial charge in [0.2, 0.25) is 11.8 Å². The first-order valence-corrected chi connectivity index (χ1v) is 11.9. The fourth-order valence-corrected chi connectivity index (χ4v) is 3.79. The van der Waals surface area contributed by atoms with E-state index in [1.165, 1.54) is 5.56 Å². The van der Waals surface area contributed by atoms with Crippen LogP contribution in [0.3, 0.4) is 0 Å². The lowest BCUT2D eigenvalue weighted by atomic mass is 9.86. The number of amides is 2. The molecule has 2 rings (SSSR count). The molecular weight excluding hydrogens is 412 g/mol. The van der Waals surface area contributed by atoms with Gasteiger partial charge in [-0.15, -0.1) is 0 Å². The van der Waals surface area contributed by atoms with E-state index in [1.807, 2.05) is 45.0 Å². The minimum absolute atomic E-state index is 0.0172. The first-order valence-electron chi connectivity index (χ1n) is 11.9. The van der Waals surface area contributed by atoms with Crippen molar-refractivity contribution in [3.05, 3.63) is 65.2 Å². The van der Waals surface area contributed by atoms with Gasteiger partial charge < -0.3 is 15.0 Å². The third kappa shape index (κ3) is 7.92. The van der Waals surface area contributed by atoms with Crippen LogP contribution >= 0.6 is 0 Å². The Morgan fingerprint density at radius 2 is 1.55 bits per heavy atom. The lowest BCUT2D eigenvalue weighted by molar-refractivity contribution is -0.141. The summed E-state index contributed by atoms with van der Waals surface area (Å²) in [6.07, 6.45) is 1.56. The minimum Gasteiger partial charge on any atom is -0.497 e. The molecule has 0 aromatic heterocycles. The van der Waals surface area contributed by atoms with Crippen molar-refractivity contribution in [3.8, 4) is 5.75 Å². The molecular formula is C28H40N2O3. The SMILES string of the molecule is CC[C@@H](C(=O)NC(C)C)N(Cc1ccc(OC)cc1)C(=O)CCc1ccc(C(C)(C)C)cc1. The fraction of sp³-hybridized carbons (Fsp3) is 0.500. The molecule has 5 nitrogen and oxygen atoms in total. The van der Waals surface area contributed by atoms with Crippen LogP contribution in [0.15, 0.2) is 48.5 Å². The Labute approximate surface area is 199 Å². The van der Waals surface area contributed by atoms with Crippen LogP contribution < -0.4 is 10.1 Å². The van der Waals surface area contributed by atoms with Gasteiger partial charge in [-0.25, -0.2) is 0 Å². The van der Waals surface area contributed by atoms with Crippen molar-refractivity contribution in [3.63, 3.8) is 0 Å². The monoisotopic (exact) mass is 452 g/mol. The van der Waals surface area contributed by atoms with E-state index in [0.717, 1.165) is 16.9 Å². The smallest absolute Gasteiger partial charge is 0.243 e. The Morgan fingerprint density at radius 1 is 0.970 bits per heavy atom. The number of aryl methyl sites for hydroxylation is 1. The number of ether oxygens (including phenoxy) is 1. The number of hydrogen-bond donors (Lipinski definition) is 1. The zero-order valence-corrected chi connectivity index (χ0v) is 21.3. The van der Waals surface area contributed by atoms with Crippen LogP contribution in [0.4, 0.5) is 0 Å². The maximum atomic E-state index is 13.4. The van der Waals surface area contributed by atoms with Gasteiger partial charge in [0, 0.05) is 19.0 Å². The molecule has 0 aliphatic rings. The number of methoxy groups -OCH3 is 1. The van der Waals surface area contributed by atoms with E-state index >= 15 is 0 Å². The molecule has 0 aliphatic carbocycles. The standard InChI is InChI=1S/C28H40N2O3/c1-8-25(27(32)29-20(2)3)30(19-22-11-16-24(33-7)17-12-22)26(31)18-13-21-9-14-23(15-10-21)28(4,5)6/h9-12,14-17,20,25H,8,13,18-19H2,1-7H3,(H,29,32)/t25-/m0/s1. The van der Waals surface area contributed by atoms with Gasteiger partial charge in [0.05, 0.1) is 7.11 Å². The van der Waals surface area contributed by atoms with Crippen LogP contribution in [0.2, 0.25) is 0 Å². The van der Waals surface area contributed by atoms with Gasteiger partial charge in [0.1, 0.15) is 11.8 Å². The third-order valence-electron chi connectivity index (χ3n) is 5.78. The number of carbonyl (C=O) groups is 2. The average molecular weight is 453 g/mol. The van der Waals surface area contributed by atoms with Crippen molar-refractivity contribution >= 4 is 11.8 Å². The fourth-order valence-electron chi connectivity index (χ4n) is 3.79. The van der Waals surface area contributed by atoms with Crippen molar-refractivity contribution in [1.29, 1.82) is 0 Å². The molecule has 0 unspecified atom stereocenters. The van der Waals surface area contributed by atoms with Crippen molar-refractivity contribution in [2.45, 2.75) is 84.8 Å². The summed E-state index contributed by atoms with van der Waals surface area (Å²) in [6, 6.07) is 15.6. The van der Waals surface area contributed by atoms with Crippen LogP contribution in [0.25, 0.3) is 0 Å². The molecule has 180 valence electrons. The van der Waals surface area contributed by atoms with Crippen LogP contribution in [-0.2, 0) is 28.0 Å². The highest BCUT2D eigenvalue weighted by molar-refractivity contribution is 5.87. The van der Waals surface area contributed by atoms with Gasteiger partial charge in [0.25, 0.3) is 0 Å². The highest BCUT2D eigenvalue weighted by Gasteiger charge is 2.28. The molecule has 0 fully saturated rings. The van der Waals surface area contributed by atoms with Crippen molar-refractivity contribution in [2.75, 3.05) is 7.11 Å². The normalized spacial score (nSPS) is 12.4. The molecule has 2 aromatic carbocycles. The predicted molar refractivity (Wildman–Crippen MR) is 134 cm³/mol. The van der Waals surface area contributed by atoms with Gasteiger partial charge in [-0.1, -0.05) is 64.1 Å². The highest BCUT2D eigenvalue weighted by Crippen LogP contribution is 2.23. The molecule has 2 aromatic rings. The molecule has 0 spiro atoms. The number of carbonyl (C=O) groups excluding carboxylic acids is 2. The zero-order valence-electron chi connectivity index (χ0n) is 21.3. The third-order valence-corrected chi connectivity index (χ3v) is 5.78. The van der Waals surface area contributed by atoms with Gasteiger partial charge in [0.15, 0.2) is 0 Å². The molecule has 0 aliphatic heterocycles. The first kappa shape index (κ1) is 26.4. The van der Waals surface area contributed by atoms with Crippen molar-refractivity contribution < 1.29 is 14.3 Å². The Hall–Kier alpha value is -2.82. The molecule has 1 atom stereocenters. The first-order chi connectivity index (χ1) is 15.5. The molecule has 0 bridgehead atoms. The Balaban J connectivity index is 2.19. The summed E-state index contributed by atoms with van der Waals surface area (Å²) in [5.41, 5.74) is 3.46. The molecule has 33 heavy (non-hydrogen) atoms. The topological polar surface area (TPSA) is 58.6 Å². The van der Waals surface area contributed by atoms with E-state index in [9.17, 15) is 9.59 Å². The largest absolute Gasteiger partial charge is 0.497 e. The molecule has 5 heteroatoms. The average Bonchev–Trinajstić information content (AvgIpc) is 2.77. The van der Waals surface area contributed by atoms with E-state index in [0.29, 0.717) is 25.8 Å². The van der Waals surface area contributed by atoms with Crippen molar-refractivity contribution in [2.24, 2.45) is 0 Å². The Kier molecular flexibility index (Phi) is 9.51. The minimum atomic E-state index is -0.509. The number of nitrogens with one attached hydrogen (secondary N) is 1. The van der Waals surface area contributed by atoms with Crippen LogP contribution in [-0.4, -0.2) is 35.9 Å². The lowest BCUT2D eigenvalue weighted by Crippen LogP contribution is -2.50. The summed E-state index contributed by atoms with van der Waals surface area (Å²) in [7, 11) is 1.63. The second kappa shape index (κ2) is 11.9. The van der Waals surface area contributed by atoms with E-state index in [-0.39, 0.29) is 23.3 Å². The Bertz CT molecular complexity index is 896. The second-order valence-corrected chi connectivity index (χ2v) is 9.90. The highest BCUT2D eigenvalue weighted by atomic mass is 16.5. The van der Waals surface area contributed by atoms with Gasteiger partial charge in [-0.2, -0.15) is 0 Å². The maximum absolute atomic E-state index is 13.4. The predicted octanol–water partition coefficient (Wildman–Crippen LogP) is 5.26. The Morgan fingerprint density at radius 3 is 2.03 bits per heavy atom. The summed E-state index contributed by atoms with van der Waals surface area (Å²) in [6.45, 7) is 12.8.